The molecule has 0 saturated carbocycles. The molecule has 1 aliphatic heterocycles. The molecule has 1 fully saturated rings. The summed E-state index contributed by atoms with van der Waals surface area (Å²) < 4.78 is 10.3. The van der Waals surface area contributed by atoms with Crippen molar-refractivity contribution in [1.29, 1.82) is 0 Å². The molecule has 0 aliphatic carbocycles. The van der Waals surface area contributed by atoms with Crippen LogP contribution in [0.2, 0.25) is 0 Å². The van der Waals surface area contributed by atoms with Crippen LogP contribution in [0.1, 0.15) is 19.3 Å². The van der Waals surface area contributed by atoms with E-state index in [0.29, 0.717) is 12.8 Å². The van der Waals surface area contributed by atoms with Gasteiger partial charge in [0, 0.05) is 13.0 Å². The topological polar surface area (TPSA) is 137 Å². The molecule has 0 aromatic rings. The third-order valence-corrected chi connectivity index (χ3v) is 2.92. The Bertz CT molecular complexity index is 282. The van der Waals surface area contributed by atoms with Crippen LogP contribution in [-0.2, 0) is 14.3 Å². The number of carboxylic acids is 1. The first-order valence-corrected chi connectivity index (χ1v) is 6.11. The highest BCUT2D eigenvalue weighted by molar-refractivity contribution is 5.66. The summed E-state index contributed by atoms with van der Waals surface area (Å²) in [5.41, 5.74) is 0. The molecule has 19 heavy (non-hydrogen) atoms. The Balaban J connectivity index is 2.33. The third-order valence-electron chi connectivity index (χ3n) is 2.92. The van der Waals surface area contributed by atoms with Gasteiger partial charge >= 0.3 is 5.97 Å². The molecular formula is C11H20O8. The van der Waals surface area contributed by atoms with Gasteiger partial charge in [-0.1, -0.05) is 0 Å². The normalized spacial score (nSPS) is 35.3. The Labute approximate surface area is 110 Å². The number of rotatable bonds is 7. The molecule has 0 amide bonds. The predicted molar refractivity (Wildman–Crippen MR) is 61.2 cm³/mol. The van der Waals surface area contributed by atoms with Gasteiger partial charge in [0.1, 0.15) is 24.4 Å². The summed E-state index contributed by atoms with van der Waals surface area (Å²) >= 11 is 0. The maximum Gasteiger partial charge on any atom is 0.303 e. The Morgan fingerprint density at radius 2 is 1.79 bits per heavy atom. The van der Waals surface area contributed by atoms with E-state index in [4.69, 9.17) is 19.7 Å². The molecule has 0 aromatic heterocycles. The van der Waals surface area contributed by atoms with Gasteiger partial charge in [-0.25, -0.2) is 0 Å². The quantitative estimate of drug-likeness (QED) is 0.340. The molecule has 1 rings (SSSR count). The lowest BCUT2D eigenvalue weighted by Gasteiger charge is -2.39. The van der Waals surface area contributed by atoms with Crippen molar-refractivity contribution in [3.8, 4) is 0 Å². The first-order chi connectivity index (χ1) is 8.97. The van der Waals surface area contributed by atoms with Crippen molar-refractivity contribution >= 4 is 5.97 Å². The highest BCUT2D eigenvalue weighted by Gasteiger charge is 2.43. The summed E-state index contributed by atoms with van der Waals surface area (Å²) in [7, 11) is 0. The molecule has 8 heteroatoms. The van der Waals surface area contributed by atoms with Gasteiger partial charge in [0.2, 0.25) is 0 Å². The largest absolute Gasteiger partial charge is 0.481 e. The van der Waals surface area contributed by atoms with Crippen LogP contribution in [-0.4, -0.2) is 75.4 Å². The van der Waals surface area contributed by atoms with Crippen LogP contribution in [0.4, 0.5) is 0 Å². The lowest BCUT2D eigenvalue weighted by atomic mass is 9.99. The first-order valence-electron chi connectivity index (χ1n) is 6.11. The van der Waals surface area contributed by atoms with Gasteiger partial charge in [0.05, 0.1) is 6.61 Å². The van der Waals surface area contributed by atoms with E-state index in [-0.39, 0.29) is 13.0 Å². The minimum absolute atomic E-state index is 0.0258. The molecule has 0 spiro atoms. The molecule has 1 saturated heterocycles. The highest BCUT2D eigenvalue weighted by Crippen LogP contribution is 2.22. The van der Waals surface area contributed by atoms with E-state index in [2.05, 4.69) is 0 Å². The van der Waals surface area contributed by atoms with E-state index >= 15 is 0 Å². The van der Waals surface area contributed by atoms with E-state index in [1.54, 1.807) is 0 Å². The fourth-order valence-electron chi connectivity index (χ4n) is 1.78. The Kier molecular flexibility index (Phi) is 6.63. The number of ether oxygens (including phenoxy) is 2. The maximum absolute atomic E-state index is 10.3. The number of unbranched alkanes of at least 4 members (excludes halogenated alkanes) is 1. The molecule has 5 atom stereocenters. The average Bonchev–Trinajstić information content (AvgIpc) is 2.37. The molecule has 1 aliphatic rings. The summed E-state index contributed by atoms with van der Waals surface area (Å²) in [4.78, 5) is 10.3. The van der Waals surface area contributed by atoms with E-state index in [1.807, 2.05) is 0 Å². The second-order valence-electron chi connectivity index (χ2n) is 4.42. The molecule has 0 unspecified atom stereocenters. The maximum atomic E-state index is 10.3. The second-order valence-corrected chi connectivity index (χ2v) is 4.42. The van der Waals surface area contributed by atoms with Gasteiger partial charge in [0.25, 0.3) is 0 Å². The van der Waals surface area contributed by atoms with Crippen LogP contribution >= 0.6 is 0 Å². The summed E-state index contributed by atoms with van der Waals surface area (Å²) in [6.07, 6.45) is -5.53. The summed E-state index contributed by atoms with van der Waals surface area (Å²) in [5.74, 6) is -0.896. The zero-order chi connectivity index (χ0) is 14.4. The first kappa shape index (κ1) is 16.3. The summed E-state index contributed by atoms with van der Waals surface area (Å²) in [6.45, 7) is -0.361. The predicted octanol–water partition coefficient (Wildman–Crippen LogP) is -1.94. The van der Waals surface area contributed by atoms with Crippen molar-refractivity contribution in [2.75, 3.05) is 13.2 Å². The fourth-order valence-corrected chi connectivity index (χ4v) is 1.78. The average molecular weight is 280 g/mol. The Morgan fingerprint density at radius 3 is 2.37 bits per heavy atom. The van der Waals surface area contributed by atoms with E-state index in [9.17, 15) is 20.1 Å². The number of hydrogen-bond donors (Lipinski definition) is 5. The van der Waals surface area contributed by atoms with Crippen molar-refractivity contribution in [1.82, 2.24) is 0 Å². The molecule has 112 valence electrons. The minimum atomic E-state index is -1.46. The van der Waals surface area contributed by atoms with E-state index in [1.165, 1.54) is 0 Å². The van der Waals surface area contributed by atoms with Crippen LogP contribution in [0.5, 0.6) is 0 Å². The SMILES string of the molecule is O=C(O)CCCCO[C@@H]1O[C@H](CO)[C@@H](O)[C@H](O)[C@@H]1O. The van der Waals surface area contributed by atoms with E-state index < -0.39 is 43.3 Å². The number of aliphatic hydroxyl groups is 4. The Hall–Kier alpha value is -0.770. The molecule has 0 radical (unpaired) electrons. The van der Waals surface area contributed by atoms with Crippen LogP contribution in [0.3, 0.4) is 0 Å². The second kappa shape index (κ2) is 7.73. The highest BCUT2D eigenvalue weighted by atomic mass is 16.7. The van der Waals surface area contributed by atoms with Gasteiger partial charge in [-0.05, 0) is 12.8 Å². The molecular weight excluding hydrogens is 260 g/mol. The van der Waals surface area contributed by atoms with Crippen molar-refractivity contribution < 1.29 is 39.8 Å². The smallest absolute Gasteiger partial charge is 0.303 e. The number of aliphatic hydroxyl groups excluding tert-OH is 4. The van der Waals surface area contributed by atoms with Crippen LogP contribution < -0.4 is 0 Å². The van der Waals surface area contributed by atoms with Crippen LogP contribution in [0, 0.1) is 0 Å². The fraction of sp³-hybridized carbons (Fsp3) is 0.909. The van der Waals surface area contributed by atoms with Crippen LogP contribution in [0.15, 0.2) is 0 Å². The molecule has 5 N–H and O–H groups in total. The number of hydrogen-bond acceptors (Lipinski definition) is 7. The van der Waals surface area contributed by atoms with Gasteiger partial charge < -0.3 is 35.0 Å². The lowest BCUT2D eigenvalue weighted by Crippen LogP contribution is -2.59. The Morgan fingerprint density at radius 1 is 1.11 bits per heavy atom. The van der Waals surface area contributed by atoms with Gasteiger partial charge in [-0.15, -0.1) is 0 Å². The van der Waals surface area contributed by atoms with Gasteiger partial charge in [-0.3, -0.25) is 4.79 Å². The number of carboxylic acid groups (broad SMARTS) is 1. The van der Waals surface area contributed by atoms with Crippen molar-refractivity contribution in [3.05, 3.63) is 0 Å². The van der Waals surface area contributed by atoms with E-state index in [0.717, 1.165) is 0 Å². The lowest BCUT2D eigenvalue weighted by molar-refractivity contribution is -0.301. The zero-order valence-corrected chi connectivity index (χ0v) is 10.4. The van der Waals surface area contributed by atoms with Gasteiger partial charge in [0.15, 0.2) is 6.29 Å². The number of carbonyl (C=O) groups is 1. The van der Waals surface area contributed by atoms with Crippen molar-refractivity contribution in [2.45, 2.75) is 50.0 Å². The standard InChI is InChI=1S/C11H20O8/c12-5-6-8(15)9(16)10(17)11(19-6)18-4-2-1-3-7(13)14/h6,8-12,15-17H,1-5H2,(H,13,14)/t6-,8-,9+,10+,11-/m1/s1. The summed E-state index contributed by atoms with van der Waals surface area (Å²) in [6, 6.07) is 0. The third kappa shape index (κ3) is 4.68. The molecule has 8 nitrogen and oxygen atoms in total. The van der Waals surface area contributed by atoms with Crippen molar-refractivity contribution in [2.24, 2.45) is 0 Å². The van der Waals surface area contributed by atoms with Crippen molar-refractivity contribution in [3.63, 3.8) is 0 Å². The number of aliphatic carboxylic acids is 1. The molecule has 0 aromatic carbocycles. The monoisotopic (exact) mass is 280 g/mol. The molecule has 0 bridgehead atoms. The minimum Gasteiger partial charge on any atom is -0.481 e. The van der Waals surface area contributed by atoms with Gasteiger partial charge in [-0.2, -0.15) is 0 Å². The molecule has 1 heterocycles. The zero-order valence-electron chi connectivity index (χ0n) is 10.4. The summed E-state index contributed by atoms with van der Waals surface area (Å²) in [5, 5.41) is 46.1. The van der Waals surface area contributed by atoms with Crippen LogP contribution in [0.25, 0.3) is 0 Å².